The second kappa shape index (κ2) is 12.7. The van der Waals surface area contributed by atoms with Crippen LogP contribution in [0.1, 0.15) is 73.8 Å². The second-order valence-corrected chi connectivity index (χ2v) is 11.1. The zero-order valence-electron chi connectivity index (χ0n) is 22.1. The Morgan fingerprint density at radius 3 is 1.89 bits per heavy atom. The Labute approximate surface area is 207 Å². The molecule has 0 aliphatic carbocycles. The lowest BCUT2D eigenvalue weighted by atomic mass is 9.92. The van der Waals surface area contributed by atoms with Crippen LogP contribution < -0.4 is 15.2 Å². The second-order valence-electron chi connectivity index (χ2n) is 11.1. The van der Waals surface area contributed by atoms with Crippen molar-refractivity contribution in [3.63, 3.8) is 0 Å². The molecular formula is C26H39NO8. The third-order valence-electron chi connectivity index (χ3n) is 4.40. The average molecular weight is 494 g/mol. The quantitative estimate of drug-likeness (QED) is 0.382. The Morgan fingerprint density at radius 2 is 1.40 bits per heavy atom. The standard InChI is InChI=1S/C26H39NO8/c1-16(15-32-17(2)28)33-24(31)19(27)11-18-9-10-20(34-22(29)13-25(3,4)5)21(12-18)35-23(30)14-26(6,7)8/h9-10,12,16,19H,11,13-15,27H2,1-8H3/t16-,19+/m1/s1. The molecule has 9 heteroatoms. The van der Waals surface area contributed by atoms with Gasteiger partial charge in [0.1, 0.15) is 18.8 Å². The van der Waals surface area contributed by atoms with Crippen molar-refractivity contribution in [2.24, 2.45) is 16.6 Å². The Hall–Kier alpha value is -2.94. The molecule has 196 valence electrons. The van der Waals surface area contributed by atoms with Crippen molar-refractivity contribution in [3.8, 4) is 11.5 Å². The molecule has 2 N–H and O–H groups in total. The van der Waals surface area contributed by atoms with Crippen LogP contribution in [0.5, 0.6) is 11.5 Å². The van der Waals surface area contributed by atoms with Crippen molar-refractivity contribution in [1.82, 2.24) is 0 Å². The van der Waals surface area contributed by atoms with Gasteiger partial charge in [-0.25, -0.2) is 0 Å². The molecule has 0 saturated heterocycles. The van der Waals surface area contributed by atoms with Crippen LogP contribution in [0.3, 0.4) is 0 Å². The molecule has 0 aromatic heterocycles. The summed E-state index contributed by atoms with van der Waals surface area (Å²) < 4.78 is 21.0. The molecule has 0 radical (unpaired) electrons. The summed E-state index contributed by atoms with van der Waals surface area (Å²) in [5.74, 6) is -1.91. The molecule has 1 aromatic carbocycles. The fourth-order valence-electron chi connectivity index (χ4n) is 2.92. The van der Waals surface area contributed by atoms with Gasteiger partial charge in [-0.3, -0.25) is 19.2 Å². The number of rotatable bonds is 10. The summed E-state index contributed by atoms with van der Waals surface area (Å²) in [6, 6.07) is 3.66. The molecule has 35 heavy (non-hydrogen) atoms. The maximum atomic E-state index is 12.5. The molecule has 0 fully saturated rings. The van der Waals surface area contributed by atoms with E-state index in [0.717, 1.165) is 0 Å². The minimum Gasteiger partial charge on any atom is -0.462 e. The average Bonchev–Trinajstić information content (AvgIpc) is 2.65. The van der Waals surface area contributed by atoms with Gasteiger partial charge in [0.15, 0.2) is 11.5 Å². The van der Waals surface area contributed by atoms with E-state index in [9.17, 15) is 19.2 Å². The van der Waals surface area contributed by atoms with Gasteiger partial charge in [-0.05, 0) is 41.9 Å². The molecule has 0 amide bonds. The number of benzene rings is 1. The van der Waals surface area contributed by atoms with Crippen LogP contribution >= 0.6 is 0 Å². The number of carbonyl (C=O) groups is 4. The molecule has 9 nitrogen and oxygen atoms in total. The van der Waals surface area contributed by atoms with E-state index >= 15 is 0 Å². The van der Waals surface area contributed by atoms with E-state index in [4.69, 9.17) is 24.7 Å². The van der Waals surface area contributed by atoms with Gasteiger partial charge in [0, 0.05) is 6.92 Å². The lowest BCUT2D eigenvalue weighted by Gasteiger charge is -2.20. The maximum Gasteiger partial charge on any atom is 0.323 e. The molecule has 0 heterocycles. The molecule has 1 rings (SSSR count). The molecule has 1 aromatic rings. The van der Waals surface area contributed by atoms with Gasteiger partial charge < -0.3 is 24.7 Å². The SMILES string of the molecule is CC(=O)OC[C@@H](C)OC(=O)[C@@H](N)Cc1ccc(OC(=O)CC(C)(C)C)c(OC(=O)CC(C)(C)C)c1. The smallest absolute Gasteiger partial charge is 0.323 e. The maximum absolute atomic E-state index is 12.5. The first-order valence-electron chi connectivity index (χ1n) is 11.6. The number of hydrogen-bond donors (Lipinski definition) is 1. The van der Waals surface area contributed by atoms with Gasteiger partial charge in [0.25, 0.3) is 0 Å². The van der Waals surface area contributed by atoms with Crippen molar-refractivity contribution in [2.75, 3.05) is 6.61 Å². The largest absolute Gasteiger partial charge is 0.462 e. The van der Waals surface area contributed by atoms with E-state index in [1.165, 1.54) is 19.1 Å². The van der Waals surface area contributed by atoms with Gasteiger partial charge in [-0.1, -0.05) is 47.6 Å². The number of carbonyl (C=O) groups excluding carboxylic acids is 4. The number of ether oxygens (including phenoxy) is 4. The highest BCUT2D eigenvalue weighted by Crippen LogP contribution is 2.32. The summed E-state index contributed by atoms with van der Waals surface area (Å²) >= 11 is 0. The van der Waals surface area contributed by atoms with E-state index < -0.39 is 36.0 Å². The van der Waals surface area contributed by atoms with Crippen molar-refractivity contribution in [1.29, 1.82) is 0 Å². The van der Waals surface area contributed by atoms with Gasteiger partial charge in [-0.2, -0.15) is 0 Å². The Morgan fingerprint density at radius 1 is 0.886 bits per heavy atom. The van der Waals surface area contributed by atoms with Crippen molar-refractivity contribution in [2.45, 2.75) is 86.8 Å². The van der Waals surface area contributed by atoms with E-state index in [1.54, 1.807) is 13.0 Å². The summed E-state index contributed by atoms with van der Waals surface area (Å²) in [4.78, 5) is 48.1. The molecule has 0 aliphatic heterocycles. The van der Waals surface area contributed by atoms with Gasteiger partial charge >= 0.3 is 23.9 Å². The highest BCUT2D eigenvalue weighted by molar-refractivity contribution is 5.78. The molecule has 0 unspecified atom stereocenters. The zero-order chi connectivity index (χ0) is 27.0. The van der Waals surface area contributed by atoms with Crippen molar-refractivity contribution >= 4 is 23.9 Å². The predicted octanol–water partition coefficient (Wildman–Crippen LogP) is 3.73. The fraction of sp³-hybridized carbons (Fsp3) is 0.615. The first kappa shape index (κ1) is 30.1. The van der Waals surface area contributed by atoms with E-state index in [1.807, 2.05) is 41.5 Å². The lowest BCUT2D eigenvalue weighted by molar-refractivity contribution is -0.157. The summed E-state index contributed by atoms with van der Waals surface area (Å²) in [5.41, 5.74) is 6.00. The van der Waals surface area contributed by atoms with Crippen LogP contribution in [0.2, 0.25) is 0 Å². The molecule has 0 saturated carbocycles. The topological polar surface area (TPSA) is 131 Å². The Bertz CT molecular complexity index is 911. The highest BCUT2D eigenvalue weighted by atomic mass is 16.6. The molecule has 0 spiro atoms. The number of esters is 4. The number of hydrogen-bond acceptors (Lipinski definition) is 9. The molecule has 0 aliphatic rings. The molecule has 0 bridgehead atoms. The monoisotopic (exact) mass is 493 g/mol. The van der Waals surface area contributed by atoms with Crippen molar-refractivity contribution in [3.05, 3.63) is 23.8 Å². The van der Waals surface area contributed by atoms with E-state index in [-0.39, 0.29) is 48.2 Å². The predicted molar refractivity (Wildman–Crippen MR) is 130 cm³/mol. The van der Waals surface area contributed by atoms with E-state index in [0.29, 0.717) is 5.56 Å². The van der Waals surface area contributed by atoms with Crippen LogP contribution in [0.25, 0.3) is 0 Å². The van der Waals surface area contributed by atoms with Crippen LogP contribution in [0.4, 0.5) is 0 Å². The summed E-state index contributed by atoms with van der Waals surface area (Å²) in [7, 11) is 0. The summed E-state index contributed by atoms with van der Waals surface area (Å²) in [6.45, 7) is 14.2. The lowest BCUT2D eigenvalue weighted by Crippen LogP contribution is -2.37. The Balaban J connectivity index is 3.01. The summed E-state index contributed by atoms with van der Waals surface area (Å²) in [6.07, 6.45) is -0.250. The summed E-state index contributed by atoms with van der Waals surface area (Å²) in [5, 5.41) is 0. The highest BCUT2D eigenvalue weighted by Gasteiger charge is 2.24. The van der Waals surface area contributed by atoms with Crippen LogP contribution in [0, 0.1) is 10.8 Å². The van der Waals surface area contributed by atoms with Crippen LogP contribution in [-0.2, 0) is 35.1 Å². The zero-order valence-corrected chi connectivity index (χ0v) is 22.1. The first-order valence-corrected chi connectivity index (χ1v) is 11.6. The van der Waals surface area contributed by atoms with Gasteiger partial charge in [0.2, 0.25) is 0 Å². The van der Waals surface area contributed by atoms with Gasteiger partial charge in [0.05, 0.1) is 12.8 Å². The first-order chi connectivity index (χ1) is 15.9. The minimum atomic E-state index is -1.01. The van der Waals surface area contributed by atoms with E-state index in [2.05, 4.69) is 0 Å². The van der Waals surface area contributed by atoms with Gasteiger partial charge in [-0.15, -0.1) is 0 Å². The van der Waals surface area contributed by atoms with Crippen LogP contribution in [-0.4, -0.2) is 42.6 Å². The normalized spacial score (nSPS) is 13.4. The van der Waals surface area contributed by atoms with Crippen molar-refractivity contribution < 1.29 is 38.1 Å². The molecule has 2 atom stereocenters. The fourth-order valence-corrected chi connectivity index (χ4v) is 2.92. The third-order valence-corrected chi connectivity index (χ3v) is 4.40. The van der Waals surface area contributed by atoms with Crippen LogP contribution in [0.15, 0.2) is 18.2 Å². The minimum absolute atomic E-state index is 0.0720. The third kappa shape index (κ3) is 12.9. The molecular weight excluding hydrogens is 454 g/mol. The number of nitrogens with two attached hydrogens (primary N) is 1. The Kier molecular flexibility index (Phi) is 10.9.